The zero-order valence-corrected chi connectivity index (χ0v) is 13.0. The van der Waals surface area contributed by atoms with Crippen LogP contribution in [-0.4, -0.2) is 36.6 Å². The zero-order chi connectivity index (χ0) is 14.8. The van der Waals surface area contributed by atoms with Gasteiger partial charge in [0.15, 0.2) is 5.96 Å². The Labute approximate surface area is 122 Å². The minimum atomic E-state index is 0.0301. The van der Waals surface area contributed by atoms with Crippen molar-refractivity contribution >= 4 is 11.8 Å². The quantitative estimate of drug-likeness (QED) is 0.424. The van der Waals surface area contributed by atoms with Gasteiger partial charge in [-0.05, 0) is 45.7 Å². The van der Waals surface area contributed by atoms with Gasteiger partial charge in [-0.2, -0.15) is 0 Å². The maximum Gasteiger partial charge on any atom is 0.191 e. The molecule has 0 aliphatic rings. The topological polar surface area (TPSA) is 61.3 Å². The number of unbranched alkanes of at least 4 members (excludes halogenated alkanes) is 1. The molecule has 0 amide bonds. The molecule has 1 aromatic heterocycles. The summed E-state index contributed by atoms with van der Waals surface area (Å²) in [6, 6.07) is 5.88. The molecule has 112 valence electrons. The van der Waals surface area contributed by atoms with E-state index < -0.39 is 0 Å². The fraction of sp³-hybridized carbons (Fsp3) is 0.600. The van der Waals surface area contributed by atoms with Gasteiger partial charge in [-0.15, -0.1) is 0 Å². The maximum atomic E-state index is 4.22. The zero-order valence-electron chi connectivity index (χ0n) is 13.0. The molecule has 0 radical (unpaired) electrons. The lowest BCUT2D eigenvalue weighted by atomic mass is 10.1. The number of nitrogens with one attached hydrogen (secondary N) is 3. The van der Waals surface area contributed by atoms with Crippen LogP contribution < -0.4 is 16.0 Å². The first-order valence-corrected chi connectivity index (χ1v) is 7.15. The van der Waals surface area contributed by atoms with Gasteiger partial charge in [-0.3, -0.25) is 4.99 Å². The highest BCUT2D eigenvalue weighted by Crippen LogP contribution is 2.00. The number of aromatic nitrogens is 1. The van der Waals surface area contributed by atoms with Gasteiger partial charge in [0.2, 0.25) is 0 Å². The first-order valence-electron chi connectivity index (χ1n) is 7.15. The second-order valence-corrected chi connectivity index (χ2v) is 5.72. The van der Waals surface area contributed by atoms with Gasteiger partial charge in [0.05, 0.1) is 0 Å². The summed E-state index contributed by atoms with van der Waals surface area (Å²) < 4.78 is 0. The highest BCUT2D eigenvalue weighted by molar-refractivity contribution is 5.80. The van der Waals surface area contributed by atoms with Crippen LogP contribution in [0.5, 0.6) is 0 Å². The second-order valence-electron chi connectivity index (χ2n) is 5.72. The Hall–Kier alpha value is -1.78. The third kappa shape index (κ3) is 7.61. The smallest absolute Gasteiger partial charge is 0.191 e. The van der Waals surface area contributed by atoms with E-state index in [1.165, 1.54) is 0 Å². The van der Waals surface area contributed by atoms with E-state index in [9.17, 15) is 0 Å². The maximum absolute atomic E-state index is 4.22. The minimum absolute atomic E-state index is 0.0301. The number of pyridine rings is 1. The van der Waals surface area contributed by atoms with Gasteiger partial charge in [0, 0.05) is 31.9 Å². The fourth-order valence-corrected chi connectivity index (χ4v) is 1.67. The Morgan fingerprint density at radius 1 is 1.20 bits per heavy atom. The summed E-state index contributed by atoms with van der Waals surface area (Å²) in [5, 5.41) is 9.96. The van der Waals surface area contributed by atoms with Crippen molar-refractivity contribution in [3.05, 3.63) is 24.4 Å². The molecule has 3 N–H and O–H groups in total. The standard InChI is InChI=1S/C15H27N5/c1-15(2,3)20-14(16-4)19-12-8-7-11-18-13-9-5-6-10-17-13/h5-6,9-10H,7-8,11-12H2,1-4H3,(H,17,18)(H2,16,19,20). The van der Waals surface area contributed by atoms with Crippen LogP contribution in [0.3, 0.4) is 0 Å². The number of hydrogen-bond donors (Lipinski definition) is 3. The average Bonchev–Trinajstić information content (AvgIpc) is 2.41. The Bertz CT molecular complexity index is 394. The summed E-state index contributed by atoms with van der Waals surface area (Å²) in [5.41, 5.74) is 0.0301. The largest absolute Gasteiger partial charge is 0.370 e. The average molecular weight is 277 g/mol. The fourth-order valence-electron chi connectivity index (χ4n) is 1.67. The van der Waals surface area contributed by atoms with Crippen molar-refractivity contribution in [2.75, 3.05) is 25.5 Å². The molecule has 0 aliphatic carbocycles. The first-order chi connectivity index (χ1) is 9.51. The number of guanidine groups is 1. The normalized spacial score (nSPS) is 12.1. The highest BCUT2D eigenvalue weighted by atomic mass is 15.2. The summed E-state index contributed by atoms with van der Waals surface area (Å²) >= 11 is 0. The van der Waals surface area contributed by atoms with E-state index in [2.05, 4.69) is 46.7 Å². The molecule has 0 atom stereocenters. The molecule has 5 nitrogen and oxygen atoms in total. The van der Waals surface area contributed by atoms with Crippen molar-refractivity contribution in [1.82, 2.24) is 15.6 Å². The monoisotopic (exact) mass is 277 g/mol. The lowest BCUT2D eigenvalue weighted by molar-refractivity contribution is 0.500. The molecule has 1 rings (SSSR count). The van der Waals surface area contributed by atoms with Gasteiger partial charge < -0.3 is 16.0 Å². The Morgan fingerprint density at radius 2 is 1.95 bits per heavy atom. The van der Waals surface area contributed by atoms with Crippen LogP contribution in [0.2, 0.25) is 0 Å². The highest BCUT2D eigenvalue weighted by Gasteiger charge is 2.10. The van der Waals surface area contributed by atoms with Gasteiger partial charge in [-0.1, -0.05) is 6.07 Å². The predicted octanol–water partition coefficient (Wildman–Crippen LogP) is 2.24. The Kier molecular flexibility index (Phi) is 6.84. The lowest BCUT2D eigenvalue weighted by Crippen LogP contribution is -2.47. The SMILES string of the molecule is CN=C(NCCCCNc1ccccn1)NC(C)(C)C. The predicted molar refractivity (Wildman–Crippen MR) is 86.2 cm³/mol. The van der Waals surface area contributed by atoms with Gasteiger partial charge in [0.25, 0.3) is 0 Å². The van der Waals surface area contributed by atoms with Crippen LogP contribution >= 0.6 is 0 Å². The van der Waals surface area contributed by atoms with E-state index in [0.29, 0.717) is 0 Å². The molecular weight excluding hydrogens is 250 g/mol. The van der Waals surface area contributed by atoms with E-state index in [1.807, 2.05) is 18.2 Å². The molecule has 0 aromatic carbocycles. The van der Waals surface area contributed by atoms with Gasteiger partial charge in [0.1, 0.15) is 5.82 Å². The number of nitrogens with zero attached hydrogens (tertiary/aromatic N) is 2. The Balaban J connectivity index is 2.10. The molecule has 5 heteroatoms. The van der Waals surface area contributed by atoms with Crippen molar-refractivity contribution in [3.63, 3.8) is 0 Å². The van der Waals surface area contributed by atoms with E-state index >= 15 is 0 Å². The summed E-state index contributed by atoms with van der Waals surface area (Å²) in [7, 11) is 1.80. The Morgan fingerprint density at radius 3 is 2.55 bits per heavy atom. The van der Waals surface area contributed by atoms with Crippen LogP contribution in [0, 0.1) is 0 Å². The van der Waals surface area contributed by atoms with Crippen molar-refractivity contribution in [3.8, 4) is 0 Å². The molecule has 0 aliphatic heterocycles. The van der Waals surface area contributed by atoms with Crippen molar-refractivity contribution in [2.24, 2.45) is 4.99 Å². The van der Waals surface area contributed by atoms with Crippen LogP contribution in [0.15, 0.2) is 29.4 Å². The van der Waals surface area contributed by atoms with Gasteiger partial charge >= 0.3 is 0 Å². The summed E-state index contributed by atoms with van der Waals surface area (Å²) in [6.07, 6.45) is 3.98. The summed E-state index contributed by atoms with van der Waals surface area (Å²) in [5.74, 6) is 1.79. The number of hydrogen-bond acceptors (Lipinski definition) is 3. The van der Waals surface area contributed by atoms with Crippen LogP contribution in [0.25, 0.3) is 0 Å². The van der Waals surface area contributed by atoms with E-state index in [4.69, 9.17) is 0 Å². The molecule has 0 fully saturated rings. The molecular formula is C15H27N5. The molecule has 0 saturated heterocycles. The summed E-state index contributed by atoms with van der Waals surface area (Å²) in [4.78, 5) is 8.43. The summed E-state index contributed by atoms with van der Waals surface area (Å²) in [6.45, 7) is 8.22. The number of anilines is 1. The van der Waals surface area contributed by atoms with Crippen LogP contribution in [0.4, 0.5) is 5.82 Å². The molecule has 1 aromatic rings. The molecule has 20 heavy (non-hydrogen) atoms. The molecule has 0 saturated carbocycles. The number of rotatable bonds is 6. The lowest BCUT2D eigenvalue weighted by Gasteiger charge is -2.23. The third-order valence-electron chi connectivity index (χ3n) is 2.58. The molecule has 0 bridgehead atoms. The van der Waals surface area contributed by atoms with Crippen LogP contribution in [-0.2, 0) is 0 Å². The first kappa shape index (κ1) is 16.3. The third-order valence-corrected chi connectivity index (χ3v) is 2.58. The number of aliphatic imine (C=N–C) groups is 1. The van der Waals surface area contributed by atoms with Crippen molar-refractivity contribution in [2.45, 2.75) is 39.2 Å². The van der Waals surface area contributed by atoms with Crippen molar-refractivity contribution in [1.29, 1.82) is 0 Å². The molecule has 0 spiro atoms. The van der Waals surface area contributed by atoms with Crippen molar-refractivity contribution < 1.29 is 0 Å². The second kappa shape index (κ2) is 8.40. The molecule has 0 unspecified atom stereocenters. The molecule has 1 heterocycles. The minimum Gasteiger partial charge on any atom is -0.370 e. The van der Waals surface area contributed by atoms with E-state index in [1.54, 1.807) is 13.2 Å². The van der Waals surface area contributed by atoms with E-state index in [0.717, 1.165) is 37.7 Å². The van der Waals surface area contributed by atoms with Gasteiger partial charge in [-0.25, -0.2) is 4.98 Å². The van der Waals surface area contributed by atoms with Crippen LogP contribution in [0.1, 0.15) is 33.6 Å². The van der Waals surface area contributed by atoms with E-state index in [-0.39, 0.29) is 5.54 Å².